The van der Waals surface area contributed by atoms with Crippen LogP contribution in [0.1, 0.15) is 16.8 Å². The summed E-state index contributed by atoms with van der Waals surface area (Å²) in [6.45, 7) is 2.78. The SMILES string of the molecule is CN1CCCN(C(=O)c2cc(S(=O)(=O)N(C)c3ccc(F)cc3)ccc2Cl)CC1. The van der Waals surface area contributed by atoms with Gasteiger partial charge in [0.2, 0.25) is 0 Å². The summed E-state index contributed by atoms with van der Waals surface area (Å²) in [4.78, 5) is 16.8. The smallest absolute Gasteiger partial charge is 0.264 e. The van der Waals surface area contributed by atoms with Crippen molar-refractivity contribution < 1.29 is 17.6 Å². The molecule has 1 saturated heterocycles. The molecular weight excluding hydrogens is 417 g/mol. The van der Waals surface area contributed by atoms with E-state index >= 15 is 0 Å². The first-order chi connectivity index (χ1) is 13.7. The van der Waals surface area contributed by atoms with Crippen molar-refractivity contribution in [2.75, 3.05) is 44.6 Å². The summed E-state index contributed by atoms with van der Waals surface area (Å²) in [5.41, 5.74) is 0.467. The topological polar surface area (TPSA) is 60.9 Å². The lowest BCUT2D eigenvalue weighted by Gasteiger charge is -2.23. The average Bonchev–Trinajstić information content (AvgIpc) is 2.92. The molecule has 1 aliphatic heterocycles. The van der Waals surface area contributed by atoms with Crippen LogP contribution in [-0.4, -0.2) is 64.4 Å². The van der Waals surface area contributed by atoms with Crippen LogP contribution in [0.4, 0.5) is 10.1 Å². The second-order valence-electron chi connectivity index (χ2n) is 7.04. The summed E-state index contributed by atoms with van der Waals surface area (Å²) in [5, 5.41) is 0.205. The van der Waals surface area contributed by atoms with E-state index in [9.17, 15) is 17.6 Å². The fourth-order valence-electron chi connectivity index (χ4n) is 3.20. The van der Waals surface area contributed by atoms with Gasteiger partial charge in [0.05, 0.1) is 21.2 Å². The molecular formula is C20H23ClFN3O3S. The number of rotatable bonds is 4. The Morgan fingerprint density at radius 3 is 2.45 bits per heavy atom. The van der Waals surface area contributed by atoms with Gasteiger partial charge in [0.25, 0.3) is 15.9 Å². The maximum absolute atomic E-state index is 13.2. The number of halogens is 2. The summed E-state index contributed by atoms with van der Waals surface area (Å²) in [5.74, 6) is -0.742. The lowest BCUT2D eigenvalue weighted by atomic mass is 10.2. The molecule has 2 aromatic rings. The monoisotopic (exact) mass is 439 g/mol. The van der Waals surface area contributed by atoms with E-state index in [1.807, 2.05) is 7.05 Å². The van der Waals surface area contributed by atoms with Gasteiger partial charge in [0, 0.05) is 26.7 Å². The van der Waals surface area contributed by atoms with E-state index in [1.165, 1.54) is 49.5 Å². The van der Waals surface area contributed by atoms with Crippen LogP contribution >= 0.6 is 11.6 Å². The number of carbonyl (C=O) groups is 1. The first-order valence-electron chi connectivity index (χ1n) is 9.22. The minimum Gasteiger partial charge on any atom is -0.337 e. The number of nitrogens with zero attached hydrogens (tertiary/aromatic N) is 3. The van der Waals surface area contributed by atoms with Gasteiger partial charge in [-0.05, 0) is 62.5 Å². The normalized spacial score (nSPS) is 15.8. The van der Waals surface area contributed by atoms with E-state index in [1.54, 1.807) is 4.90 Å². The fraction of sp³-hybridized carbons (Fsp3) is 0.350. The third-order valence-electron chi connectivity index (χ3n) is 5.02. The Morgan fingerprint density at radius 2 is 1.76 bits per heavy atom. The van der Waals surface area contributed by atoms with Gasteiger partial charge in [-0.25, -0.2) is 12.8 Å². The predicted octanol–water partition coefficient (Wildman–Crippen LogP) is 3.08. The molecule has 0 atom stereocenters. The molecule has 0 unspecified atom stereocenters. The largest absolute Gasteiger partial charge is 0.337 e. The molecule has 1 heterocycles. The van der Waals surface area contributed by atoms with Gasteiger partial charge in [-0.2, -0.15) is 0 Å². The zero-order chi connectivity index (χ0) is 21.2. The van der Waals surface area contributed by atoms with Crippen LogP contribution in [0.5, 0.6) is 0 Å². The van der Waals surface area contributed by atoms with Crippen molar-refractivity contribution in [3.63, 3.8) is 0 Å². The molecule has 1 fully saturated rings. The minimum absolute atomic E-state index is 0.0518. The highest BCUT2D eigenvalue weighted by Gasteiger charge is 2.26. The van der Waals surface area contributed by atoms with Crippen LogP contribution in [0.3, 0.4) is 0 Å². The molecule has 1 aliphatic rings. The third kappa shape index (κ3) is 4.71. The van der Waals surface area contributed by atoms with Gasteiger partial charge in [-0.3, -0.25) is 9.10 Å². The number of anilines is 1. The Morgan fingerprint density at radius 1 is 1.07 bits per heavy atom. The van der Waals surface area contributed by atoms with Crippen molar-refractivity contribution in [1.82, 2.24) is 9.80 Å². The number of hydrogen-bond donors (Lipinski definition) is 0. The van der Waals surface area contributed by atoms with Gasteiger partial charge < -0.3 is 9.80 Å². The molecule has 156 valence electrons. The molecule has 2 aromatic carbocycles. The van der Waals surface area contributed by atoms with E-state index in [0.29, 0.717) is 18.8 Å². The molecule has 0 radical (unpaired) electrons. The van der Waals surface area contributed by atoms with Crippen molar-refractivity contribution in [3.05, 3.63) is 58.9 Å². The lowest BCUT2D eigenvalue weighted by Crippen LogP contribution is -2.35. The lowest BCUT2D eigenvalue weighted by molar-refractivity contribution is 0.0762. The Hall–Kier alpha value is -2.16. The van der Waals surface area contributed by atoms with Crippen LogP contribution in [0.15, 0.2) is 47.4 Å². The Labute approximate surface area is 175 Å². The molecule has 0 bridgehead atoms. The first-order valence-corrected chi connectivity index (χ1v) is 11.0. The van der Waals surface area contributed by atoms with Gasteiger partial charge in [0.15, 0.2) is 0 Å². The van der Waals surface area contributed by atoms with Crippen molar-refractivity contribution >= 4 is 33.2 Å². The second-order valence-corrected chi connectivity index (χ2v) is 9.42. The number of carbonyl (C=O) groups excluding carboxylic acids is 1. The summed E-state index contributed by atoms with van der Waals surface area (Å²) in [6, 6.07) is 9.23. The van der Waals surface area contributed by atoms with Crippen LogP contribution < -0.4 is 4.31 Å². The summed E-state index contributed by atoms with van der Waals surface area (Å²) >= 11 is 6.24. The van der Waals surface area contributed by atoms with Gasteiger partial charge in [-0.15, -0.1) is 0 Å². The van der Waals surface area contributed by atoms with Crippen LogP contribution in [0.25, 0.3) is 0 Å². The highest BCUT2D eigenvalue weighted by atomic mass is 35.5. The maximum Gasteiger partial charge on any atom is 0.264 e. The number of benzene rings is 2. The van der Waals surface area contributed by atoms with Crippen LogP contribution in [0, 0.1) is 5.82 Å². The molecule has 0 aliphatic carbocycles. The van der Waals surface area contributed by atoms with Crippen molar-refractivity contribution in [3.8, 4) is 0 Å². The van der Waals surface area contributed by atoms with E-state index in [4.69, 9.17) is 11.6 Å². The molecule has 0 spiro atoms. The second kappa shape index (κ2) is 8.69. The number of likely N-dealkylation sites (N-methyl/N-ethyl adjacent to an activating group) is 1. The van der Waals surface area contributed by atoms with Gasteiger partial charge in [-0.1, -0.05) is 11.6 Å². The molecule has 3 rings (SSSR count). The van der Waals surface area contributed by atoms with E-state index < -0.39 is 15.8 Å². The average molecular weight is 440 g/mol. The molecule has 9 heteroatoms. The Kier molecular flexibility index (Phi) is 6.45. The number of hydrogen-bond acceptors (Lipinski definition) is 4. The molecule has 0 aromatic heterocycles. The first kappa shape index (κ1) is 21.5. The minimum atomic E-state index is -3.95. The quantitative estimate of drug-likeness (QED) is 0.734. The van der Waals surface area contributed by atoms with Crippen molar-refractivity contribution in [2.24, 2.45) is 0 Å². The van der Waals surface area contributed by atoms with E-state index in [2.05, 4.69) is 4.90 Å². The van der Waals surface area contributed by atoms with Crippen LogP contribution in [0.2, 0.25) is 5.02 Å². The number of amides is 1. The zero-order valence-electron chi connectivity index (χ0n) is 16.3. The van der Waals surface area contributed by atoms with Gasteiger partial charge >= 0.3 is 0 Å². The molecule has 0 N–H and O–H groups in total. The maximum atomic E-state index is 13.2. The molecule has 6 nitrogen and oxygen atoms in total. The van der Waals surface area contributed by atoms with Gasteiger partial charge in [0.1, 0.15) is 5.82 Å². The zero-order valence-corrected chi connectivity index (χ0v) is 17.9. The standard InChI is InChI=1S/C20H23ClFN3O3S/c1-23-10-3-11-25(13-12-23)20(26)18-14-17(8-9-19(18)21)29(27,28)24(2)16-6-4-15(22)5-7-16/h4-9,14H,3,10-13H2,1-2H3. The summed E-state index contributed by atoms with van der Waals surface area (Å²) in [6.07, 6.45) is 0.838. The Bertz CT molecular complexity index is 999. The van der Waals surface area contributed by atoms with Crippen molar-refractivity contribution in [2.45, 2.75) is 11.3 Å². The number of sulfonamides is 1. The Balaban J connectivity index is 1.91. The molecule has 29 heavy (non-hydrogen) atoms. The highest BCUT2D eigenvalue weighted by Crippen LogP contribution is 2.27. The summed E-state index contributed by atoms with van der Waals surface area (Å²) in [7, 11) is -0.573. The fourth-order valence-corrected chi connectivity index (χ4v) is 4.62. The van der Waals surface area contributed by atoms with E-state index in [-0.39, 0.29) is 21.4 Å². The molecule has 0 saturated carbocycles. The predicted molar refractivity (Wildman–Crippen MR) is 111 cm³/mol. The summed E-state index contributed by atoms with van der Waals surface area (Å²) < 4.78 is 40.3. The third-order valence-corrected chi connectivity index (χ3v) is 7.13. The highest BCUT2D eigenvalue weighted by molar-refractivity contribution is 7.92. The molecule has 1 amide bonds. The van der Waals surface area contributed by atoms with Crippen molar-refractivity contribution in [1.29, 1.82) is 0 Å². The van der Waals surface area contributed by atoms with Crippen LogP contribution in [-0.2, 0) is 10.0 Å². The van der Waals surface area contributed by atoms with E-state index in [0.717, 1.165) is 23.8 Å².